The second-order valence-corrected chi connectivity index (χ2v) is 4.81. The monoisotopic (exact) mass is 241 g/mol. The molecule has 0 aromatic heterocycles. The van der Waals surface area contributed by atoms with Crippen LogP contribution in [0.25, 0.3) is 10.8 Å². The first kappa shape index (κ1) is 11.2. The molecule has 1 saturated carbocycles. The van der Waals surface area contributed by atoms with Gasteiger partial charge in [0.2, 0.25) is 0 Å². The number of halogens is 1. The second kappa shape index (κ2) is 3.79. The lowest BCUT2D eigenvalue weighted by atomic mass is 9.90. The van der Waals surface area contributed by atoms with Crippen molar-refractivity contribution in [1.82, 2.24) is 0 Å². The van der Waals surface area contributed by atoms with Crippen molar-refractivity contribution in [2.24, 2.45) is 5.92 Å². The number of nitriles is 1. The summed E-state index contributed by atoms with van der Waals surface area (Å²) >= 11 is 0. The molecule has 18 heavy (non-hydrogen) atoms. The molecule has 0 bridgehead atoms. The van der Waals surface area contributed by atoms with Crippen LogP contribution in [0, 0.1) is 23.1 Å². The van der Waals surface area contributed by atoms with E-state index >= 15 is 0 Å². The van der Waals surface area contributed by atoms with Crippen LogP contribution < -0.4 is 0 Å². The molecule has 0 saturated heterocycles. The molecule has 1 aliphatic carbocycles. The van der Waals surface area contributed by atoms with E-state index in [0.717, 1.165) is 10.9 Å². The van der Waals surface area contributed by atoms with E-state index in [1.165, 1.54) is 6.07 Å². The summed E-state index contributed by atoms with van der Waals surface area (Å²) in [5.41, 5.74) is 0.197. The Morgan fingerprint density at radius 1 is 1.28 bits per heavy atom. The molecule has 2 atom stereocenters. The minimum Gasteiger partial charge on any atom is -0.396 e. The fourth-order valence-corrected chi connectivity index (χ4v) is 2.73. The highest BCUT2D eigenvalue weighted by Gasteiger charge is 2.56. The minimum atomic E-state index is -0.637. The number of benzene rings is 2. The average Bonchev–Trinajstić information content (AvgIpc) is 3.14. The van der Waals surface area contributed by atoms with Gasteiger partial charge < -0.3 is 5.11 Å². The molecule has 0 unspecified atom stereocenters. The Kier molecular flexibility index (Phi) is 2.36. The maximum absolute atomic E-state index is 13.7. The van der Waals surface area contributed by atoms with Crippen LogP contribution in [-0.4, -0.2) is 11.7 Å². The Labute approximate surface area is 104 Å². The fraction of sp³-hybridized carbons (Fsp3) is 0.267. The van der Waals surface area contributed by atoms with Gasteiger partial charge in [-0.05, 0) is 23.4 Å². The third-order valence-electron chi connectivity index (χ3n) is 3.88. The zero-order chi connectivity index (χ0) is 12.8. The molecule has 1 aliphatic rings. The Morgan fingerprint density at radius 2 is 2.00 bits per heavy atom. The number of hydrogen-bond donors (Lipinski definition) is 1. The zero-order valence-electron chi connectivity index (χ0n) is 9.73. The lowest BCUT2D eigenvalue weighted by Gasteiger charge is -2.12. The van der Waals surface area contributed by atoms with Crippen molar-refractivity contribution in [1.29, 1.82) is 5.26 Å². The fourth-order valence-electron chi connectivity index (χ4n) is 2.73. The van der Waals surface area contributed by atoms with Crippen LogP contribution in [0.2, 0.25) is 0 Å². The van der Waals surface area contributed by atoms with Gasteiger partial charge >= 0.3 is 0 Å². The first-order valence-corrected chi connectivity index (χ1v) is 5.93. The lowest BCUT2D eigenvalue weighted by Crippen LogP contribution is -2.10. The number of nitrogens with zero attached hydrogens (tertiary/aromatic N) is 1. The third-order valence-corrected chi connectivity index (χ3v) is 3.88. The van der Waals surface area contributed by atoms with E-state index in [9.17, 15) is 14.8 Å². The number of fused-ring (bicyclic) bond motifs is 1. The highest BCUT2D eigenvalue weighted by atomic mass is 19.1. The smallest absolute Gasteiger partial charge is 0.131 e. The van der Waals surface area contributed by atoms with Gasteiger partial charge in [-0.1, -0.05) is 30.3 Å². The minimum absolute atomic E-state index is 0.000731. The molecular weight excluding hydrogens is 229 g/mol. The molecule has 1 fully saturated rings. The maximum atomic E-state index is 13.7. The molecule has 0 heterocycles. The van der Waals surface area contributed by atoms with Gasteiger partial charge in [0.05, 0.1) is 11.5 Å². The van der Waals surface area contributed by atoms with Crippen LogP contribution in [0.5, 0.6) is 0 Å². The number of rotatable bonds is 2. The lowest BCUT2D eigenvalue weighted by molar-refractivity contribution is 0.269. The van der Waals surface area contributed by atoms with Crippen LogP contribution in [0.15, 0.2) is 36.4 Å². The van der Waals surface area contributed by atoms with Crippen LogP contribution >= 0.6 is 0 Å². The maximum Gasteiger partial charge on any atom is 0.131 e. The average molecular weight is 241 g/mol. The summed E-state index contributed by atoms with van der Waals surface area (Å²) in [5.74, 6) is -0.306. The topological polar surface area (TPSA) is 44.0 Å². The van der Waals surface area contributed by atoms with Crippen LogP contribution in [-0.2, 0) is 5.41 Å². The summed E-state index contributed by atoms with van der Waals surface area (Å²) in [6.45, 7) is -0.000731. The number of aliphatic hydroxyl groups is 1. The molecule has 0 aliphatic heterocycles. The van der Waals surface area contributed by atoms with Crippen molar-refractivity contribution in [3.05, 3.63) is 47.8 Å². The van der Waals surface area contributed by atoms with Crippen LogP contribution in [0.1, 0.15) is 12.0 Å². The van der Waals surface area contributed by atoms with Gasteiger partial charge in [-0.15, -0.1) is 0 Å². The third kappa shape index (κ3) is 1.36. The highest BCUT2D eigenvalue weighted by molar-refractivity contribution is 5.88. The molecule has 90 valence electrons. The quantitative estimate of drug-likeness (QED) is 0.878. The van der Waals surface area contributed by atoms with E-state index in [1.54, 1.807) is 18.2 Å². The normalized spacial score (nSPS) is 25.9. The zero-order valence-corrected chi connectivity index (χ0v) is 9.73. The molecule has 3 rings (SSSR count). The molecule has 0 amide bonds. The molecule has 3 heteroatoms. The number of aliphatic hydroxyl groups excluding tert-OH is 1. The Hall–Kier alpha value is -1.92. The Morgan fingerprint density at radius 3 is 2.61 bits per heavy atom. The molecule has 0 spiro atoms. The molecule has 1 N–H and O–H groups in total. The predicted octanol–water partition coefficient (Wildman–Crippen LogP) is 2.75. The van der Waals surface area contributed by atoms with Crippen molar-refractivity contribution in [3.63, 3.8) is 0 Å². The van der Waals surface area contributed by atoms with Crippen molar-refractivity contribution in [2.45, 2.75) is 11.8 Å². The summed E-state index contributed by atoms with van der Waals surface area (Å²) in [5, 5.41) is 19.9. The van der Waals surface area contributed by atoms with Gasteiger partial charge in [-0.25, -0.2) is 4.39 Å². The largest absolute Gasteiger partial charge is 0.396 e. The SMILES string of the molecule is N#C[C@@]1(c2ccc(F)c3ccccc23)C[C@H]1CO. The van der Waals surface area contributed by atoms with Crippen molar-refractivity contribution >= 4 is 10.8 Å². The molecule has 2 nitrogen and oxygen atoms in total. The summed E-state index contributed by atoms with van der Waals surface area (Å²) in [4.78, 5) is 0. The van der Waals surface area contributed by atoms with Crippen molar-refractivity contribution in [2.75, 3.05) is 6.61 Å². The van der Waals surface area contributed by atoms with Crippen LogP contribution in [0.4, 0.5) is 4.39 Å². The van der Waals surface area contributed by atoms with E-state index in [0.29, 0.717) is 11.8 Å². The van der Waals surface area contributed by atoms with E-state index in [-0.39, 0.29) is 18.3 Å². The van der Waals surface area contributed by atoms with Gasteiger partial charge in [0.25, 0.3) is 0 Å². The van der Waals surface area contributed by atoms with Gasteiger partial charge in [0, 0.05) is 17.9 Å². The molecular formula is C15H12FNO. The molecule has 2 aromatic carbocycles. The Bertz CT molecular complexity index is 661. The first-order chi connectivity index (χ1) is 8.73. The van der Waals surface area contributed by atoms with Gasteiger partial charge in [0.1, 0.15) is 5.82 Å². The summed E-state index contributed by atoms with van der Waals surface area (Å²) in [7, 11) is 0. The Balaban J connectivity index is 2.26. The molecule has 2 aromatic rings. The second-order valence-electron chi connectivity index (χ2n) is 4.81. The summed E-state index contributed by atoms with van der Waals surface area (Å²) < 4.78 is 13.7. The standard InChI is InChI=1S/C15H12FNO/c16-14-6-5-13(11-3-1-2-4-12(11)14)15(9-17)7-10(15)8-18/h1-6,10,18H,7-8H2/t10-,15-/m0/s1. The molecule has 0 radical (unpaired) electrons. The number of hydrogen-bond acceptors (Lipinski definition) is 2. The van der Waals surface area contributed by atoms with E-state index in [4.69, 9.17) is 0 Å². The first-order valence-electron chi connectivity index (χ1n) is 5.93. The summed E-state index contributed by atoms with van der Waals surface area (Å²) in [6, 6.07) is 12.6. The van der Waals surface area contributed by atoms with Crippen molar-refractivity contribution < 1.29 is 9.50 Å². The van der Waals surface area contributed by atoms with Crippen LogP contribution in [0.3, 0.4) is 0 Å². The summed E-state index contributed by atoms with van der Waals surface area (Å²) in [6.07, 6.45) is 0.648. The van der Waals surface area contributed by atoms with Crippen molar-refractivity contribution in [3.8, 4) is 6.07 Å². The van der Waals surface area contributed by atoms with Gasteiger partial charge in [-0.3, -0.25) is 0 Å². The van der Waals surface area contributed by atoms with Gasteiger partial charge in [-0.2, -0.15) is 5.26 Å². The van der Waals surface area contributed by atoms with E-state index in [2.05, 4.69) is 6.07 Å². The van der Waals surface area contributed by atoms with E-state index < -0.39 is 5.41 Å². The van der Waals surface area contributed by atoms with E-state index in [1.807, 2.05) is 12.1 Å². The predicted molar refractivity (Wildman–Crippen MR) is 66.4 cm³/mol. The van der Waals surface area contributed by atoms with Gasteiger partial charge in [0.15, 0.2) is 0 Å². The highest BCUT2D eigenvalue weighted by Crippen LogP contribution is 2.55.